The van der Waals surface area contributed by atoms with Gasteiger partial charge in [-0.2, -0.15) is 0 Å². The van der Waals surface area contributed by atoms with Crippen LogP contribution in [0.25, 0.3) is 0 Å². The van der Waals surface area contributed by atoms with Crippen molar-refractivity contribution in [2.75, 3.05) is 13.2 Å². The van der Waals surface area contributed by atoms with Crippen molar-refractivity contribution >= 4 is 34.5 Å². The molecule has 0 heterocycles. The van der Waals surface area contributed by atoms with Crippen LogP contribution in [0, 0.1) is 0 Å². The molecule has 0 atom stereocenters. The number of unbranched alkanes of at least 4 members (excludes halogenated alkanes) is 27. The summed E-state index contributed by atoms with van der Waals surface area (Å²) >= 11 is 10.9. The molecule has 0 aromatic rings. The first-order valence-electron chi connectivity index (χ1n) is 19.0. The Morgan fingerprint density at radius 1 is 0.310 bits per heavy atom. The third kappa shape index (κ3) is 36.0. The van der Waals surface area contributed by atoms with E-state index >= 15 is 0 Å². The van der Waals surface area contributed by atoms with Crippen LogP contribution in [-0.4, -0.2) is 23.3 Å². The van der Waals surface area contributed by atoms with Crippen molar-refractivity contribution < 1.29 is 9.47 Å². The Bertz CT molecular complexity index is 503. The maximum atomic E-state index is 5.79. The molecule has 0 amide bonds. The summed E-state index contributed by atoms with van der Waals surface area (Å²) in [6, 6.07) is 0. The Kier molecular flexibility index (Phi) is 36.8. The lowest BCUT2D eigenvalue weighted by molar-refractivity contribution is 0.283. The molecule has 0 saturated heterocycles. The Labute approximate surface area is 275 Å². The fraction of sp³-hybridized carbons (Fsp3) is 0.947. The zero-order valence-corrected chi connectivity index (χ0v) is 30.3. The molecule has 0 aliphatic heterocycles. The van der Waals surface area contributed by atoms with Crippen LogP contribution >= 0.6 is 24.4 Å². The fourth-order valence-corrected chi connectivity index (χ4v) is 6.10. The monoisotopic (exact) mass is 627 g/mol. The fourth-order valence-electron chi connectivity index (χ4n) is 5.65. The highest BCUT2D eigenvalue weighted by molar-refractivity contribution is 7.80. The zero-order valence-electron chi connectivity index (χ0n) is 28.7. The first kappa shape index (κ1) is 41.8. The van der Waals surface area contributed by atoms with Gasteiger partial charge in [0.2, 0.25) is 0 Å². The largest absolute Gasteiger partial charge is 0.487 e. The molecule has 0 bridgehead atoms. The topological polar surface area (TPSA) is 18.5 Å². The Morgan fingerprint density at radius 3 is 0.786 bits per heavy atom. The molecule has 0 aromatic carbocycles. The van der Waals surface area contributed by atoms with Crippen molar-refractivity contribution in [2.45, 2.75) is 219 Å². The number of ether oxygens (including phenoxy) is 2. The van der Waals surface area contributed by atoms with Gasteiger partial charge in [0.05, 0.1) is 13.2 Å². The first-order valence-corrected chi connectivity index (χ1v) is 19.8. The Balaban J connectivity index is 3.23. The minimum atomic E-state index is 0.799. The Hall–Kier alpha value is -0.220. The van der Waals surface area contributed by atoms with E-state index in [-0.39, 0.29) is 0 Å². The molecular formula is C38H74O2S2. The number of rotatable bonds is 35. The van der Waals surface area contributed by atoms with E-state index < -0.39 is 0 Å². The zero-order chi connectivity index (χ0) is 30.6. The minimum absolute atomic E-state index is 0.799. The van der Waals surface area contributed by atoms with Gasteiger partial charge in [-0.1, -0.05) is 181 Å². The Morgan fingerprint density at radius 2 is 0.524 bits per heavy atom. The summed E-state index contributed by atoms with van der Waals surface area (Å²) < 4.78 is 11.6. The molecule has 0 N–H and O–H groups in total. The van der Waals surface area contributed by atoms with Gasteiger partial charge in [0.15, 0.2) is 10.1 Å². The molecule has 42 heavy (non-hydrogen) atoms. The van der Waals surface area contributed by atoms with E-state index in [2.05, 4.69) is 13.8 Å². The number of thiocarbonyl (C=S) groups is 2. The average Bonchev–Trinajstić information content (AvgIpc) is 2.99. The molecule has 0 rings (SSSR count). The van der Waals surface area contributed by atoms with Gasteiger partial charge < -0.3 is 9.47 Å². The molecule has 0 aliphatic carbocycles. The molecule has 0 saturated carbocycles. The number of hydrogen-bond donors (Lipinski definition) is 0. The third-order valence-electron chi connectivity index (χ3n) is 8.53. The summed E-state index contributed by atoms with van der Waals surface area (Å²) in [5, 5.41) is 1.66. The van der Waals surface area contributed by atoms with Gasteiger partial charge in [-0.05, 0) is 50.1 Å². The van der Waals surface area contributed by atoms with Gasteiger partial charge in [-0.25, -0.2) is 0 Å². The molecule has 0 spiro atoms. The lowest BCUT2D eigenvalue weighted by atomic mass is 10.0. The standard InChI is InChI=1S/C38H74O2S2/c1-3-5-7-9-11-13-15-17-19-21-25-29-33-37(41)39-35-31-27-23-24-28-32-36-40-38(42)34-30-26-22-20-18-16-14-12-10-8-6-4-2/h3-36H2,1-2H3. The van der Waals surface area contributed by atoms with E-state index in [0.717, 1.165) is 49.0 Å². The SMILES string of the molecule is CCCCCCCCCCCCCCC(=S)OCCCCCCCCOC(=S)CCCCCCCCCCCCCC. The number of hydrogen-bond acceptors (Lipinski definition) is 4. The molecule has 0 aliphatic rings. The molecule has 0 unspecified atom stereocenters. The molecule has 250 valence electrons. The van der Waals surface area contributed by atoms with Crippen molar-refractivity contribution in [2.24, 2.45) is 0 Å². The van der Waals surface area contributed by atoms with Crippen LogP contribution in [0.15, 0.2) is 0 Å². The predicted octanol–water partition coefficient (Wildman–Crippen LogP) is 14.2. The van der Waals surface area contributed by atoms with Crippen LogP contribution in [0.2, 0.25) is 0 Å². The van der Waals surface area contributed by atoms with Crippen LogP contribution in [0.1, 0.15) is 219 Å². The summed E-state index contributed by atoms with van der Waals surface area (Å²) in [4.78, 5) is 0. The summed E-state index contributed by atoms with van der Waals surface area (Å²) in [5.41, 5.74) is 0. The van der Waals surface area contributed by atoms with Crippen molar-refractivity contribution in [1.29, 1.82) is 0 Å². The van der Waals surface area contributed by atoms with Gasteiger partial charge in [-0.3, -0.25) is 0 Å². The highest BCUT2D eigenvalue weighted by Crippen LogP contribution is 2.15. The van der Waals surface area contributed by atoms with Crippen molar-refractivity contribution in [3.05, 3.63) is 0 Å². The summed E-state index contributed by atoms with van der Waals surface area (Å²) in [5.74, 6) is 0. The summed E-state index contributed by atoms with van der Waals surface area (Å²) in [6.07, 6.45) is 42.4. The van der Waals surface area contributed by atoms with Crippen LogP contribution in [-0.2, 0) is 9.47 Å². The van der Waals surface area contributed by atoms with Crippen LogP contribution in [0.5, 0.6) is 0 Å². The van der Waals surface area contributed by atoms with E-state index in [1.807, 2.05) is 0 Å². The molecule has 0 fully saturated rings. The van der Waals surface area contributed by atoms with Crippen molar-refractivity contribution in [3.63, 3.8) is 0 Å². The van der Waals surface area contributed by atoms with Gasteiger partial charge in [-0.15, -0.1) is 0 Å². The van der Waals surface area contributed by atoms with E-state index in [1.165, 1.54) is 180 Å². The molecule has 2 nitrogen and oxygen atoms in total. The summed E-state index contributed by atoms with van der Waals surface area (Å²) in [7, 11) is 0. The smallest absolute Gasteiger partial charge is 0.159 e. The second kappa shape index (κ2) is 37.0. The van der Waals surface area contributed by atoms with E-state index in [9.17, 15) is 0 Å². The average molecular weight is 627 g/mol. The maximum Gasteiger partial charge on any atom is 0.159 e. The predicted molar refractivity (Wildman–Crippen MR) is 196 cm³/mol. The van der Waals surface area contributed by atoms with E-state index in [1.54, 1.807) is 0 Å². The third-order valence-corrected chi connectivity index (χ3v) is 9.18. The van der Waals surface area contributed by atoms with Gasteiger partial charge in [0.1, 0.15) is 0 Å². The second-order valence-electron chi connectivity index (χ2n) is 12.8. The van der Waals surface area contributed by atoms with Gasteiger partial charge >= 0.3 is 0 Å². The lowest BCUT2D eigenvalue weighted by Crippen LogP contribution is -2.04. The van der Waals surface area contributed by atoms with Gasteiger partial charge in [0, 0.05) is 12.8 Å². The second-order valence-corrected chi connectivity index (χ2v) is 13.8. The summed E-state index contributed by atoms with van der Waals surface area (Å²) in [6.45, 7) is 6.18. The van der Waals surface area contributed by atoms with Gasteiger partial charge in [0.25, 0.3) is 0 Å². The van der Waals surface area contributed by atoms with Crippen LogP contribution in [0.3, 0.4) is 0 Å². The molecular weight excluding hydrogens is 553 g/mol. The van der Waals surface area contributed by atoms with Crippen LogP contribution in [0.4, 0.5) is 0 Å². The highest BCUT2D eigenvalue weighted by atomic mass is 32.1. The van der Waals surface area contributed by atoms with Crippen LogP contribution < -0.4 is 0 Å². The highest BCUT2D eigenvalue weighted by Gasteiger charge is 2.01. The normalized spacial score (nSPS) is 11.2. The maximum absolute atomic E-state index is 5.79. The van der Waals surface area contributed by atoms with E-state index in [0.29, 0.717) is 0 Å². The van der Waals surface area contributed by atoms with Crippen molar-refractivity contribution in [1.82, 2.24) is 0 Å². The first-order chi connectivity index (χ1) is 20.7. The molecule has 0 radical (unpaired) electrons. The van der Waals surface area contributed by atoms with Crippen molar-refractivity contribution in [3.8, 4) is 0 Å². The van der Waals surface area contributed by atoms with E-state index in [4.69, 9.17) is 33.9 Å². The molecule has 4 heteroatoms. The minimum Gasteiger partial charge on any atom is -0.487 e. The quantitative estimate of drug-likeness (QED) is 0.0514. The lowest BCUT2D eigenvalue weighted by Gasteiger charge is -2.08. The molecule has 0 aromatic heterocycles.